The Morgan fingerprint density at radius 3 is 2.89 bits per heavy atom. The Morgan fingerprint density at radius 1 is 1.53 bits per heavy atom. The molecule has 1 N–H and O–H groups in total. The number of nitrogens with one attached hydrogen (secondary N) is 1. The molecule has 1 heterocycles. The first-order chi connectivity index (χ1) is 9.07. The zero-order valence-corrected chi connectivity index (χ0v) is 11.1. The second kappa shape index (κ2) is 5.57. The number of halogens is 1. The van der Waals surface area contributed by atoms with Crippen molar-refractivity contribution in [3.05, 3.63) is 30.1 Å². The van der Waals surface area contributed by atoms with E-state index in [9.17, 15) is 9.18 Å². The molecule has 0 radical (unpaired) electrons. The van der Waals surface area contributed by atoms with Crippen LogP contribution in [0.2, 0.25) is 0 Å². The molecule has 1 fully saturated rings. The summed E-state index contributed by atoms with van der Waals surface area (Å²) in [5.41, 5.74) is -0.615. The van der Waals surface area contributed by atoms with Gasteiger partial charge in [-0.05, 0) is 19.1 Å². The van der Waals surface area contributed by atoms with Crippen LogP contribution in [0, 0.1) is 5.82 Å². The van der Waals surface area contributed by atoms with Crippen molar-refractivity contribution >= 4 is 11.7 Å². The van der Waals surface area contributed by atoms with Gasteiger partial charge in [0.2, 0.25) is 0 Å². The summed E-state index contributed by atoms with van der Waals surface area (Å²) in [6, 6.07) is 6.30. The Balaban J connectivity index is 2.28. The number of esters is 1. The summed E-state index contributed by atoms with van der Waals surface area (Å²) in [6.07, 6.45) is 0.832. The lowest BCUT2D eigenvalue weighted by molar-refractivity contribution is -0.151. The monoisotopic (exact) mass is 267 g/mol. The maximum atomic E-state index is 13.7. The number of carbonyl (C=O) groups excluding carboxylic acids is 1. The van der Waals surface area contributed by atoms with Gasteiger partial charge >= 0.3 is 5.97 Å². The van der Waals surface area contributed by atoms with Gasteiger partial charge in [0.05, 0.1) is 18.9 Å². The van der Waals surface area contributed by atoms with Gasteiger partial charge in [-0.3, -0.25) is 0 Å². The van der Waals surface area contributed by atoms with Crippen LogP contribution in [0.3, 0.4) is 0 Å². The van der Waals surface area contributed by atoms with Crippen molar-refractivity contribution in [1.82, 2.24) is 0 Å². The maximum Gasteiger partial charge on any atom is 0.331 e. The van der Waals surface area contributed by atoms with Crippen LogP contribution in [0.15, 0.2) is 24.3 Å². The summed E-state index contributed by atoms with van der Waals surface area (Å²) in [4.78, 5) is 12.1. The molecular formula is C14H18FNO3. The summed E-state index contributed by atoms with van der Waals surface area (Å²) in [5.74, 6) is -0.768. The molecular weight excluding hydrogens is 249 g/mol. The molecule has 0 spiro atoms. The number of methoxy groups -OCH3 is 1. The molecule has 0 aliphatic carbocycles. The molecule has 2 atom stereocenters. The van der Waals surface area contributed by atoms with Crippen LogP contribution in [-0.2, 0) is 14.3 Å². The molecule has 0 aromatic heterocycles. The van der Waals surface area contributed by atoms with E-state index in [1.54, 1.807) is 18.2 Å². The number of hydrogen-bond donors (Lipinski definition) is 1. The van der Waals surface area contributed by atoms with Gasteiger partial charge in [0, 0.05) is 19.4 Å². The number of rotatable bonds is 3. The number of hydrogen-bond acceptors (Lipinski definition) is 4. The molecule has 19 heavy (non-hydrogen) atoms. The molecule has 1 aliphatic heterocycles. The van der Waals surface area contributed by atoms with E-state index in [4.69, 9.17) is 9.47 Å². The molecule has 0 bridgehead atoms. The summed E-state index contributed by atoms with van der Waals surface area (Å²) in [5, 5.41) is 3.01. The Bertz CT molecular complexity index is 466. The number of benzene rings is 1. The largest absolute Gasteiger partial charge is 0.467 e. The lowest BCUT2D eigenvalue weighted by atomic mass is 9.86. The molecule has 1 aromatic carbocycles. The highest BCUT2D eigenvalue weighted by Gasteiger charge is 2.43. The van der Waals surface area contributed by atoms with Crippen molar-refractivity contribution in [2.45, 2.75) is 31.4 Å². The third kappa shape index (κ3) is 2.87. The topological polar surface area (TPSA) is 47.6 Å². The fourth-order valence-electron chi connectivity index (χ4n) is 2.45. The highest BCUT2D eigenvalue weighted by Crippen LogP contribution is 2.31. The van der Waals surface area contributed by atoms with Crippen molar-refractivity contribution in [3.8, 4) is 0 Å². The Labute approximate surface area is 111 Å². The van der Waals surface area contributed by atoms with E-state index < -0.39 is 5.54 Å². The van der Waals surface area contributed by atoms with Crippen LogP contribution in [0.4, 0.5) is 10.1 Å². The van der Waals surface area contributed by atoms with Gasteiger partial charge in [-0.1, -0.05) is 12.1 Å². The highest BCUT2D eigenvalue weighted by molar-refractivity contribution is 5.84. The van der Waals surface area contributed by atoms with E-state index in [1.807, 2.05) is 6.92 Å². The minimum absolute atomic E-state index is 0.0767. The molecule has 2 unspecified atom stereocenters. The van der Waals surface area contributed by atoms with E-state index in [1.165, 1.54) is 13.2 Å². The zero-order chi connectivity index (χ0) is 13.9. The lowest BCUT2D eigenvalue weighted by Gasteiger charge is -2.38. The van der Waals surface area contributed by atoms with Crippen molar-refractivity contribution in [2.24, 2.45) is 0 Å². The van der Waals surface area contributed by atoms with Crippen LogP contribution < -0.4 is 5.32 Å². The third-order valence-corrected chi connectivity index (χ3v) is 3.39. The highest BCUT2D eigenvalue weighted by atomic mass is 19.1. The van der Waals surface area contributed by atoms with Gasteiger partial charge in [-0.15, -0.1) is 0 Å². The number of anilines is 1. The Morgan fingerprint density at radius 2 is 2.26 bits per heavy atom. The maximum absolute atomic E-state index is 13.7. The Hall–Kier alpha value is -1.62. The SMILES string of the molecule is COC(=O)C1(Nc2ccccc2F)CCOC(C)C1. The van der Waals surface area contributed by atoms with Gasteiger partial charge in [0.25, 0.3) is 0 Å². The minimum Gasteiger partial charge on any atom is -0.467 e. The van der Waals surface area contributed by atoms with E-state index in [0.717, 1.165) is 0 Å². The standard InChI is InChI=1S/C14H18FNO3/c1-10-9-14(7-8-19-10,13(17)18-2)16-12-6-4-3-5-11(12)15/h3-6,10,16H,7-9H2,1-2H3. The molecule has 2 rings (SSSR count). The van der Waals surface area contributed by atoms with E-state index in [2.05, 4.69) is 5.32 Å². The van der Waals surface area contributed by atoms with Crippen molar-refractivity contribution < 1.29 is 18.7 Å². The first-order valence-corrected chi connectivity index (χ1v) is 6.30. The lowest BCUT2D eigenvalue weighted by Crippen LogP contribution is -2.53. The second-order valence-corrected chi connectivity index (χ2v) is 4.81. The van der Waals surface area contributed by atoms with Gasteiger partial charge in [0.15, 0.2) is 0 Å². The minimum atomic E-state index is -0.922. The van der Waals surface area contributed by atoms with Gasteiger partial charge in [-0.2, -0.15) is 0 Å². The van der Waals surface area contributed by atoms with Crippen LogP contribution in [0.5, 0.6) is 0 Å². The molecule has 1 saturated heterocycles. The molecule has 1 aromatic rings. The van der Waals surface area contributed by atoms with Crippen LogP contribution >= 0.6 is 0 Å². The summed E-state index contributed by atoms with van der Waals surface area (Å²) in [6.45, 7) is 2.33. The first kappa shape index (κ1) is 13.8. The molecule has 4 nitrogen and oxygen atoms in total. The van der Waals surface area contributed by atoms with Crippen LogP contribution in [0.25, 0.3) is 0 Å². The summed E-state index contributed by atoms with van der Waals surface area (Å²) < 4.78 is 24.1. The summed E-state index contributed by atoms with van der Waals surface area (Å²) in [7, 11) is 1.34. The van der Waals surface area contributed by atoms with E-state index in [-0.39, 0.29) is 17.9 Å². The number of para-hydroxylation sites is 1. The average Bonchev–Trinajstić information content (AvgIpc) is 2.40. The van der Waals surface area contributed by atoms with E-state index in [0.29, 0.717) is 25.1 Å². The molecule has 5 heteroatoms. The number of carbonyl (C=O) groups is 1. The van der Waals surface area contributed by atoms with Crippen molar-refractivity contribution in [1.29, 1.82) is 0 Å². The fraction of sp³-hybridized carbons (Fsp3) is 0.500. The quantitative estimate of drug-likeness (QED) is 0.854. The molecule has 0 amide bonds. The average molecular weight is 267 g/mol. The predicted octanol–water partition coefficient (Wildman–Crippen LogP) is 2.35. The van der Waals surface area contributed by atoms with Crippen LogP contribution in [-0.4, -0.2) is 31.3 Å². The van der Waals surface area contributed by atoms with Gasteiger partial charge in [-0.25, -0.2) is 9.18 Å². The Kier molecular flexibility index (Phi) is 4.04. The van der Waals surface area contributed by atoms with Gasteiger partial charge < -0.3 is 14.8 Å². The number of ether oxygens (including phenoxy) is 2. The predicted molar refractivity (Wildman–Crippen MR) is 69.4 cm³/mol. The third-order valence-electron chi connectivity index (χ3n) is 3.39. The second-order valence-electron chi connectivity index (χ2n) is 4.81. The first-order valence-electron chi connectivity index (χ1n) is 6.30. The van der Waals surface area contributed by atoms with Crippen molar-refractivity contribution in [2.75, 3.05) is 19.0 Å². The van der Waals surface area contributed by atoms with Crippen molar-refractivity contribution in [3.63, 3.8) is 0 Å². The van der Waals surface area contributed by atoms with E-state index >= 15 is 0 Å². The zero-order valence-electron chi connectivity index (χ0n) is 11.1. The van der Waals surface area contributed by atoms with Gasteiger partial charge in [0.1, 0.15) is 11.4 Å². The molecule has 0 saturated carbocycles. The molecule has 1 aliphatic rings. The smallest absolute Gasteiger partial charge is 0.331 e. The normalized spacial score (nSPS) is 26.8. The summed E-state index contributed by atoms with van der Waals surface area (Å²) >= 11 is 0. The molecule has 104 valence electrons. The van der Waals surface area contributed by atoms with Crippen LogP contribution in [0.1, 0.15) is 19.8 Å². The fourth-order valence-corrected chi connectivity index (χ4v) is 2.45.